The van der Waals surface area contributed by atoms with Crippen LogP contribution in [0.4, 0.5) is 15.9 Å². The normalized spacial score (nSPS) is 13.8. The number of benzene rings is 2. The van der Waals surface area contributed by atoms with Crippen LogP contribution < -0.4 is 20.3 Å². The predicted octanol–water partition coefficient (Wildman–Crippen LogP) is 5.56. The fraction of sp³-hybridized carbons (Fsp3) is 0.355. The first-order valence-electron chi connectivity index (χ1n) is 13.8. The van der Waals surface area contributed by atoms with Gasteiger partial charge in [0.2, 0.25) is 17.7 Å². The number of nitrogens with zero attached hydrogens (tertiary/aromatic N) is 2. The first-order valence-corrected chi connectivity index (χ1v) is 13.8. The molecule has 1 aromatic heterocycles. The van der Waals surface area contributed by atoms with Crippen LogP contribution in [0.5, 0.6) is 5.75 Å². The number of para-hydroxylation sites is 1. The zero-order valence-corrected chi connectivity index (χ0v) is 22.6. The van der Waals surface area contributed by atoms with E-state index >= 15 is 4.39 Å². The van der Waals surface area contributed by atoms with Gasteiger partial charge < -0.3 is 15.4 Å². The van der Waals surface area contributed by atoms with Crippen LogP contribution in [0.25, 0.3) is 0 Å². The van der Waals surface area contributed by atoms with E-state index in [1.165, 1.54) is 23.1 Å². The molecule has 9 heteroatoms. The van der Waals surface area contributed by atoms with Crippen molar-refractivity contribution in [1.82, 2.24) is 10.3 Å². The van der Waals surface area contributed by atoms with E-state index in [1.807, 2.05) is 6.92 Å². The Labute approximate surface area is 233 Å². The maximum atomic E-state index is 15.2. The lowest BCUT2D eigenvalue weighted by atomic mass is 10.0. The van der Waals surface area contributed by atoms with E-state index in [0.29, 0.717) is 23.7 Å². The van der Waals surface area contributed by atoms with Gasteiger partial charge in [-0.2, -0.15) is 0 Å². The molecule has 2 N–H and O–H groups in total. The molecule has 0 bridgehead atoms. The summed E-state index contributed by atoms with van der Waals surface area (Å²) in [7, 11) is 0. The van der Waals surface area contributed by atoms with Crippen molar-refractivity contribution in [2.75, 3.05) is 16.8 Å². The second-order valence-electron chi connectivity index (χ2n) is 9.73. The summed E-state index contributed by atoms with van der Waals surface area (Å²) in [5.74, 6) is -0.689. The minimum absolute atomic E-state index is 0.00515. The number of pyridine rings is 1. The van der Waals surface area contributed by atoms with Crippen LogP contribution >= 0.6 is 0 Å². The molecule has 0 radical (unpaired) electrons. The molecule has 1 saturated carbocycles. The Morgan fingerprint density at radius 2 is 1.73 bits per heavy atom. The van der Waals surface area contributed by atoms with Gasteiger partial charge in [0.25, 0.3) is 0 Å². The number of nitrogens with one attached hydrogen (secondary N) is 2. The topological polar surface area (TPSA) is 101 Å². The van der Waals surface area contributed by atoms with Crippen LogP contribution in [-0.4, -0.2) is 35.4 Å². The number of hydrogen-bond acceptors (Lipinski definition) is 5. The minimum Gasteiger partial charge on any atom is -0.494 e. The Balaban J connectivity index is 1.59. The average molecular weight is 547 g/mol. The molecule has 1 aliphatic rings. The van der Waals surface area contributed by atoms with Crippen LogP contribution in [0.3, 0.4) is 0 Å². The van der Waals surface area contributed by atoms with Crippen molar-refractivity contribution in [3.63, 3.8) is 0 Å². The molecule has 1 heterocycles. The van der Waals surface area contributed by atoms with Crippen LogP contribution in [-0.2, 0) is 14.4 Å². The highest BCUT2D eigenvalue weighted by Crippen LogP contribution is 2.32. The highest BCUT2D eigenvalue weighted by Gasteiger charge is 2.35. The van der Waals surface area contributed by atoms with Gasteiger partial charge in [0.1, 0.15) is 23.4 Å². The van der Waals surface area contributed by atoms with E-state index in [-0.39, 0.29) is 42.8 Å². The molecular formula is C31H35FN4O4. The van der Waals surface area contributed by atoms with Crippen molar-refractivity contribution in [3.8, 4) is 5.75 Å². The average Bonchev–Trinajstić information content (AvgIpc) is 3.46. The largest absolute Gasteiger partial charge is 0.494 e. The maximum absolute atomic E-state index is 15.2. The quantitative estimate of drug-likeness (QED) is 0.310. The molecule has 0 saturated heterocycles. The maximum Gasteiger partial charge on any atom is 0.248 e. The molecule has 4 rings (SSSR count). The molecule has 3 amide bonds. The number of carbonyl (C=O) groups excluding carboxylic acids is 3. The van der Waals surface area contributed by atoms with E-state index in [4.69, 9.17) is 4.74 Å². The van der Waals surface area contributed by atoms with Crippen molar-refractivity contribution in [3.05, 3.63) is 84.3 Å². The lowest BCUT2D eigenvalue weighted by Gasteiger charge is -2.32. The van der Waals surface area contributed by atoms with Crippen molar-refractivity contribution >= 4 is 29.2 Å². The highest BCUT2D eigenvalue weighted by molar-refractivity contribution is 6.01. The van der Waals surface area contributed by atoms with Crippen molar-refractivity contribution in [1.29, 1.82) is 0 Å². The number of aromatic nitrogens is 1. The van der Waals surface area contributed by atoms with E-state index in [1.54, 1.807) is 54.7 Å². The molecule has 0 aliphatic heterocycles. The smallest absolute Gasteiger partial charge is 0.248 e. The van der Waals surface area contributed by atoms with Crippen LogP contribution in [0.1, 0.15) is 63.5 Å². The summed E-state index contributed by atoms with van der Waals surface area (Å²) >= 11 is 0. The summed E-state index contributed by atoms with van der Waals surface area (Å²) < 4.78 is 20.7. The molecule has 40 heavy (non-hydrogen) atoms. The van der Waals surface area contributed by atoms with E-state index in [9.17, 15) is 14.4 Å². The first-order chi connectivity index (χ1) is 19.5. The van der Waals surface area contributed by atoms with Gasteiger partial charge in [0.15, 0.2) is 0 Å². The third-order valence-corrected chi connectivity index (χ3v) is 6.82. The third-order valence-electron chi connectivity index (χ3n) is 6.82. The Morgan fingerprint density at radius 1 is 1.00 bits per heavy atom. The molecular weight excluding hydrogens is 511 g/mol. The molecule has 1 atom stereocenters. The number of amides is 3. The van der Waals surface area contributed by atoms with Gasteiger partial charge in [0, 0.05) is 25.1 Å². The van der Waals surface area contributed by atoms with E-state index in [2.05, 4.69) is 15.6 Å². The third kappa shape index (κ3) is 7.65. The Kier molecular flexibility index (Phi) is 10.2. The molecule has 0 unspecified atom stereocenters. The summed E-state index contributed by atoms with van der Waals surface area (Å²) in [5, 5.41) is 5.78. The zero-order chi connectivity index (χ0) is 28.3. The number of hydrogen-bond donors (Lipinski definition) is 2. The van der Waals surface area contributed by atoms with Gasteiger partial charge in [0.05, 0.1) is 12.3 Å². The second kappa shape index (κ2) is 14.2. The van der Waals surface area contributed by atoms with Gasteiger partial charge in [-0.1, -0.05) is 43.2 Å². The highest BCUT2D eigenvalue weighted by atomic mass is 19.1. The minimum atomic E-state index is -1.11. The predicted molar refractivity (Wildman–Crippen MR) is 151 cm³/mol. The number of rotatable bonds is 12. The number of anilines is 2. The lowest BCUT2D eigenvalue weighted by molar-refractivity contribution is -0.127. The van der Waals surface area contributed by atoms with E-state index < -0.39 is 17.8 Å². The van der Waals surface area contributed by atoms with Gasteiger partial charge in [-0.25, -0.2) is 9.37 Å². The van der Waals surface area contributed by atoms with Gasteiger partial charge in [-0.15, -0.1) is 0 Å². The molecule has 0 spiro atoms. The van der Waals surface area contributed by atoms with Crippen molar-refractivity contribution in [2.45, 2.75) is 64.0 Å². The monoisotopic (exact) mass is 546 g/mol. The van der Waals surface area contributed by atoms with Gasteiger partial charge >= 0.3 is 0 Å². The van der Waals surface area contributed by atoms with Crippen LogP contribution in [0, 0.1) is 5.82 Å². The standard InChI is InChI=1S/C31H35FN4O4/c1-2-40-24-19-17-22(18-20-24)30(31(39)34-23-10-3-4-11-23)36(26-13-6-5-12-25(26)32)29(38)16-9-15-28(37)35-27-14-7-8-21-33-27/h5-8,12-14,17-21,23,30H,2-4,9-11,15-16H2,1H3,(H,34,39)(H,33,35,37)/t30-/m1/s1. The van der Waals surface area contributed by atoms with E-state index in [0.717, 1.165) is 25.7 Å². The zero-order valence-electron chi connectivity index (χ0n) is 22.6. The van der Waals surface area contributed by atoms with Crippen molar-refractivity contribution in [2.24, 2.45) is 0 Å². The summed E-state index contributed by atoms with van der Waals surface area (Å²) in [5.41, 5.74) is 0.536. The lowest BCUT2D eigenvalue weighted by Crippen LogP contribution is -2.46. The summed E-state index contributed by atoms with van der Waals surface area (Å²) in [4.78, 5) is 45.3. The second-order valence-corrected chi connectivity index (χ2v) is 9.73. The Bertz CT molecular complexity index is 1280. The fourth-order valence-electron chi connectivity index (χ4n) is 4.91. The summed E-state index contributed by atoms with van der Waals surface area (Å²) in [6, 6.07) is 16.9. The number of halogens is 1. The first kappa shape index (κ1) is 28.7. The Morgan fingerprint density at radius 3 is 2.40 bits per heavy atom. The number of carbonyl (C=O) groups is 3. The molecule has 1 aliphatic carbocycles. The van der Waals surface area contributed by atoms with Crippen LogP contribution in [0.2, 0.25) is 0 Å². The molecule has 210 valence electrons. The summed E-state index contributed by atoms with van der Waals surface area (Å²) in [6.45, 7) is 2.36. The summed E-state index contributed by atoms with van der Waals surface area (Å²) in [6.07, 6.45) is 5.56. The molecule has 3 aromatic rings. The fourth-order valence-corrected chi connectivity index (χ4v) is 4.91. The molecule has 1 fully saturated rings. The van der Waals surface area contributed by atoms with Gasteiger partial charge in [-0.3, -0.25) is 19.3 Å². The molecule has 8 nitrogen and oxygen atoms in total. The van der Waals surface area contributed by atoms with Crippen LogP contribution in [0.15, 0.2) is 72.9 Å². The van der Waals surface area contributed by atoms with Gasteiger partial charge in [-0.05, 0) is 68.1 Å². The Hall–Kier alpha value is -4.27. The number of ether oxygens (including phenoxy) is 1. The molecule has 2 aromatic carbocycles. The SMILES string of the molecule is CCOc1ccc([C@H](C(=O)NC2CCCC2)N(C(=O)CCCC(=O)Nc2ccccn2)c2ccccc2F)cc1. The van der Waals surface area contributed by atoms with Crippen molar-refractivity contribution < 1.29 is 23.5 Å².